The van der Waals surface area contributed by atoms with Crippen LogP contribution >= 0.6 is 11.6 Å². The van der Waals surface area contributed by atoms with Crippen molar-refractivity contribution in [1.82, 2.24) is 4.98 Å². The zero-order chi connectivity index (χ0) is 16.4. The third kappa shape index (κ3) is 3.63. The Balaban J connectivity index is 3.65. The van der Waals surface area contributed by atoms with Gasteiger partial charge in [-0.15, -0.1) is 0 Å². The molecular formula is C11H7ClF3NO5. The molecule has 10 heteroatoms. The number of esters is 1. The Morgan fingerprint density at radius 1 is 1.29 bits per heavy atom. The molecule has 0 fully saturated rings. The number of aliphatic hydroxyl groups is 1. The SMILES string of the molecule is COC(=O)C(C(=O)O)=C(O)c1ccc(Cl)nc1C(F)(F)F. The molecule has 0 aliphatic heterocycles. The summed E-state index contributed by atoms with van der Waals surface area (Å²) in [5, 5.41) is 18.0. The van der Waals surface area contributed by atoms with Gasteiger partial charge in [-0.3, -0.25) is 0 Å². The number of hydrogen-bond donors (Lipinski definition) is 2. The van der Waals surface area contributed by atoms with Crippen molar-refractivity contribution in [1.29, 1.82) is 0 Å². The van der Waals surface area contributed by atoms with E-state index >= 15 is 0 Å². The van der Waals surface area contributed by atoms with Crippen LogP contribution in [0.25, 0.3) is 5.76 Å². The Kier molecular flexibility index (Phi) is 4.79. The molecule has 1 heterocycles. The second kappa shape index (κ2) is 6.00. The van der Waals surface area contributed by atoms with E-state index in [1.807, 2.05) is 0 Å². The molecule has 0 aliphatic rings. The van der Waals surface area contributed by atoms with Crippen LogP contribution in [0.15, 0.2) is 17.7 Å². The lowest BCUT2D eigenvalue weighted by atomic mass is 10.1. The average molecular weight is 326 g/mol. The first-order valence-electron chi connectivity index (χ1n) is 5.08. The number of halogens is 4. The average Bonchev–Trinajstić information content (AvgIpc) is 2.36. The number of hydrogen-bond acceptors (Lipinski definition) is 5. The standard InChI is InChI=1S/C11H7ClF3NO5/c1-21-10(20)6(9(18)19)7(17)4-2-3-5(12)16-8(4)11(13,14)15/h2-3,17H,1H3,(H,18,19). The van der Waals surface area contributed by atoms with Crippen LogP contribution < -0.4 is 0 Å². The number of ether oxygens (including phenoxy) is 1. The Hall–Kier alpha value is -2.29. The molecule has 0 spiro atoms. The van der Waals surface area contributed by atoms with Gasteiger partial charge in [-0.25, -0.2) is 14.6 Å². The van der Waals surface area contributed by atoms with Gasteiger partial charge < -0.3 is 14.9 Å². The number of methoxy groups -OCH3 is 1. The largest absolute Gasteiger partial charge is 0.506 e. The van der Waals surface area contributed by atoms with E-state index in [4.69, 9.17) is 16.7 Å². The normalized spacial score (nSPS) is 12.6. The third-order valence-corrected chi connectivity index (χ3v) is 2.44. The monoisotopic (exact) mass is 325 g/mol. The number of aliphatic carboxylic acids is 1. The number of aliphatic hydroxyl groups excluding tert-OH is 1. The molecule has 0 unspecified atom stereocenters. The molecule has 0 aliphatic carbocycles. The number of carbonyl (C=O) groups is 2. The van der Waals surface area contributed by atoms with Crippen molar-refractivity contribution in [3.8, 4) is 0 Å². The number of rotatable bonds is 3. The molecule has 0 aromatic carbocycles. The van der Waals surface area contributed by atoms with Crippen LogP contribution in [0.1, 0.15) is 11.3 Å². The van der Waals surface area contributed by atoms with Gasteiger partial charge in [-0.1, -0.05) is 11.6 Å². The van der Waals surface area contributed by atoms with Crippen LogP contribution in [0.5, 0.6) is 0 Å². The fourth-order valence-electron chi connectivity index (χ4n) is 1.36. The van der Waals surface area contributed by atoms with E-state index in [1.54, 1.807) is 0 Å². The highest BCUT2D eigenvalue weighted by atomic mass is 35.5. The summed E-state index contributed by atoms with van der Waals surface area (Å²) >= 11 is 5.34. The van der Waals surface area contributed by atoms with Crippen LogP contribution in [-0.2, 0) is 20.5 Å². The molecule has 1 aromatic rings. The second-order valence-corrected chi connectivity index (χ2v) is 3.94. The minimum absolute atomic E-state index is 0.520. The van der Waals surface area contributed by atoms with Crippen LogP contribution in [0, 0.1) is 0 Å². The summed E-state index contributed by atoms with van der Waals surface area (Å²) < 4.78 is 42.6. The topological polar surface area (TPSA) is 96.7 Å². The molecule has 21 heavy (non-hydrogen) atoms. The molecule has 1 rings (SSSR count). The Morgan fingerprint density at radius 2 is 1.86 bits per heavy atom. The van der Waals surface area contributed by atoms with Gasteiger partial charge in [0.05, 0.1) is 7.11 Å². The molecule has 0 saturated carbocycles. The fourth-order valence-corrected chi connectivity index (χ4v) is 1.51. The first-order valence-corrected chi connectivity index (χ1v) is 5.46. The predicted molar refractivity (Wildman–Crippen MR) is 63.4 cm³/mol. The van der Waals surface area contributed by atoms with Crippen molar-refractivity contribution in [2.75, 3.05) is 7.11 Å². The summed E-state index contributed by atoms with van der Waals surface area (Å²) in [6, 6.07) is 1.60. The quantitative estimate of drug-likeness (QED) is 0.221. The summed E-state index contributed by atoms with van der Waals surface area (Å²) in [5.41, 5.74) is -3.99. The van der Waals surface area contributed by atoms with Gasteiger partial charge in [-0.2, -0.15) is 13.2 Å². The van der Waals surface area contributed by atoms with Gasteiger partial charge in [0, 0.05) is 5.56 Å². The maximum atomic E-state index is 12.8. The van der Waals surface area contributed by atoms with E-state index in [9.17, 15) is 27.9 Å². The van der Waals surface area contributed by atoms with Crippen molar-refractivity contribution in [3.63, 3.8) is 0 Å². The number of carboxylic acids is 1. The van der Waals surface area contributed by atoms with Gasteiger partial charge in [0.2, 0.25) is 0 Å². The fraction of sp³-hybridized carbons (Fsp3) is 0.182. The van der Waals surface area contributed by atoms with Gasteiger partial charge in [-0.05, 0) is 12.1 Å². The minimum atomic E-state index is -5.02. The molecule has 0 atom stereocenters. The van der Waals surface area contributed by atoms with Crippen LogP contribution in [0.2, 0.25) is 5.15 Å². The van der Waals surface area contributed by atoms with E-state index < -0.39 is 45.9 Å². The Morgan fingerprint density at radius 3 is 2.29 bits per heavy atom. The summed E-state index contributed by atoms with van der Waals surface area (Å²) in [6.45, 7) is 0. The molecule has 0 saturated heterocycles. The number of aromatic nitrogens is 1. The lowest BCUT2D eigenvalue weighted by Crippen LogP contribution is -2.18. The number of nitrogens with zero attached hydrogens (tertiary/aromatic N) is 1. The van der Waals surface area contributed by atoms with Crippen LogP contribution in [-0.4, -0.2) is 34.2 Å². The molecular weight excluding hydrogens is 319 g/mol. The van der Waals surface area contributed by atoms with Crippen molar-refractivity contribution in [3.05, 3.63) is 34.1 Å². The van der Waals surface area contributed by atoms with E-state index in [0.29, 0.717) is 6.07 Å². The second-order valence-electron chi connectivity index (χ2n) is 3.55. The smallest absolute Gasteiger partial charge is 0.434 e. The lowest BCUT2D eigenvalue weighted by Gasteiger charge is -2.12. The highest BCUT2D eigenvalue weighted by molar-refractivity contribution is 6.29. The zero-order valence-electron chi connectivity index (χ0n) is 10.2. The Labute approximate surface area is 120 Å². The van der Waals surface area contributed by atoms with E-state index in [1.165, 1.54) is 0 Å². The first kappa shape index (κ1) is 16.8. The highest BCUT2D eigenvalue weighted by Gasteiger charge is 2.38. The van der Waals surface area contributed by atoms with E-state index in [2.05, 4.69) is 9.72 Å². The molecule has 1 aromatic heterocycles. The summed E-state index contributed by atoms with van der Waals surface area (Å²) in [6.07, 6.45) is -5.02. The summed E-state index contributed by atoms with van der Waals surface area (Å²) in [7, 11) is 0.809. The van der Waals surface area contributed by atoms with Crippen molar-refractivity contribution in [2.45, 2.75) is 6.18 Å². The number of carbonyl (C=O) groups excluding carboxylic acids is 1. The highest BCUT2D eigenvalue weighted by Crippen LogP contribution is 2.34. The molecule has 114 valence electrons. The van der Waals surface area contributed by atoms with Gasteiger partial charge in [0.1, 0.15) is 10.9 Å². The van der Waals surface area contributed by atoms with Crippen molar-refractivity contribution < 1.29 is 37.7 Å². The lowest BCUT2D eigenvalue weighted by molar-refractivity contribution is -0.143. The summed E-state index contributed by atoms with van der Waals surface area (Å²) in [4.78, 5) is 25.1. The van der Waals surface area contributed by atoms with E-state index in [-0.39, 0.29) is 0 Å². The third-order valence-electron chi connectivity index (χ3n) is 2.23. The molecule has 0 amide bonds. The zero-order valence-corrected chi connectivity index (χ0v) is 11.0. The van der Waals surface area contributed by atoms with Crippen molar-refractivity contribution >= 4 is 29.3 Å². The number of carboxylic acid groups (broad SMARTS) is 1. The van der Waals surface area contributed by atoms with Crippen LogP contribution in [0.3, 0.4) is 0 Å². The van der Waals surface area contributed by atoms with E-state index in [0.717, 1.165) is 13.2 Å². The van der Waals surface area contributed by atoms with Gasteiger partial charge in [0.25, 0.3) is 0 Å². The maximum absolute atomic E-state index is 12.8. The van der Waals surface area contributed by atoms with Gasteiger partial charge in [0.15, 0.2) is 11.3 Å². The number of pyridine rings is 1. The van der Waals surface area contributed by atoms with Gasteiger partial charge >= 0.3 is 18.1 Å². The maximum Gasteiger partial charge on any atom is 0.434 e. The first-order chi connectivity index (χ1) is 9.59. The number of alkyl halides is 3. The minimum Gasteiger partial charge on any atom is -0.506 e. The Bertz CT molecular complexity index is 627. The predicted octanol–water partition coefficient (Wildman–Crippen LogP) is 2.28. The molecule has 2 N–H and O–H groups in total. The summed E-state index contributed by atoms with van der Waals surface area (Å²) in [5.74, 6) is -4.89. The molecule has 0 bridgehead atoms. The van der Waals surface area contributed by atoms with Crippen molar-refractivity contribution in [2.24, 2.45) is 0 Å². The molecule has 6 nitrogen and oxygen atoms in total. The van der Waals surface area contributed by atoms with Crippen LogP contribution in [0.4, 0.5) is 13.2 Å². The molecule has 0 radical (unpaired) electrons.